The number of anilines is 1. The lowest BCUT2D eigenvalue weighted by Crippen LogP contribution is -2.20. The Kier molecular flexibility index (Phi) is 9.70. The van der Waals surface area contributed by atoms with Crippen LogP contribution in [0.15, 0.2) is 42.5 Å². The zero-order valence-corrected chi connectivity index (χ0v) is 18.6. The molecule has 168 valence electrons. The molecular formula is C26H41NO3. The van der Waals surface area contributed by atoms with E-state index in [1.54, 1.807) is 0 Å². The highest BCUT2D eigenvalue weighted by Crippen LogP contribution is 2.49. The van der Waals surface area contributed by atoms with Crippen molar-refractivity contribution >= 4 is 5.69 Å². The summed E-state index contributed by atoms with van der Waals surface area (Å²) in [7, 11) is 0. The van der Waals surface area contributed by atoms with E-state index in [2.05, 4.69) is 42.6 Å². The number of para-hydroxylation sites is 1. The SMILES string of the molecule is CCCCCC(O)C=C[C@@H]1[C@@H]2CC(OCCCCNc3ccccc3)C[C@H]2C[C@H]1O. The quantitative estimate of drug-likeness (QED) is 0.307. The van der Waals surface area contributed by atoms with Crippen molar-refractivity contribution in [2.45, 2.75) is 83.0 Å². The minimum absolute atomic E-state index is 0.180. The van der Waals surface area contributed by atoms with Gasteiger partial charge in [0.05, 0.1) is 18.3 Å². The van der Waals surface area contributed by atoms with Crippen molar-refractivity contribution < 1.29 is 14.9 Å². The zero-order chi connectivity index (χ0) is 21.2. The van der Waals surface area contributed by atoms with Crippen molar-refractivity contribution in [2.75, 3.05) is 18.5 Å². The smallest absolute Gasteiger partial charge is 0.0721 e. The molecule has 0 bridgehead atoms. The van der Waals surface area contributed by atoms with Crippen LogP contribution in [0.4, 0.5) is 5.69 Å². The summed E-state index contributed by atoms with van der Waals surface area (Å²) in [5.41, 5.74) is 1.18. The maximum atomic E-state index is 10.5. The molecule has 0 aromatic heterocycles. The predicted octanol–water partition coefficient (Wildman–Crippen LogP) is 5.17. The van der Waals surface area contributed by atoms with Gasteiger partial charge in [-0.05, 0) is 62.5 Å². The molecule has 2 fully saturated rings. The van der Waals surface area contributed by atoms with Gasteiger partial charge in [0.2, 0.25) is 0 Å². The summed E-state index contributed by atoms with van der Waals surface area (Å²) in [6, 6.07) is 10.3. The van der Waals surface area contributed by atoms with Crippen molar-refractivity contribution in [3.05, 3.63) is 42.5 Å². The summed E-state index contributed by atoms with van der Waals surface area (Å²) in [5.74, 6) is 1.25. The van der Waals surface area contributed by atoms with Gasteiger partial charge in [0.15, 0.2) is 0 Å². The van der Waals surface area contributed by atoms with Crippen molar-refractivity contribution in [2.24, 2.45) is 17.8 Å². The molecule has 1 aromatic carbocycles. The summed E-state index contributed by atoms with van der Waals surface area (Å²) in [6.07, 6.45) is 13.1. The summed E-state index contributed by atoms with van der Waals surface area (Å²) in [6.45, 7) is 3.97. The summed E-state index contributed by atoms with van der Waals surface area (Å²) >= 11 is 0. The van der Waals surface area contributed by atoms with Gasteiger partial charge in [0.1, 0.15) is 0 Å². The fraction of sp³-hybridized carbons (Fsp3) is 0.692. The lowest BCUT2D eigenvalue weighted by molar-refractivity contribution is 0.0418. The molecule has 4 nitrogen and oxygen atoms in total. The van der Waals surface area contributed by atoms with Gasteiger partial charge in [-0.15, -0.1) is 0 Å². The number of hydrogen-bond acceptors (Lipinski definition) is 4. The molecule has 0 spiro atoms. The molecule has 0 radical (unpaired) electrons. The second kappa shape index (κ2) is 12.5. The third kappa shape index (κ3) is 7.11. The van der Waals surface area contributed by atoms with Crippen LogP contribution in [0, 0.1) is 17.8 Å². The van der Waals surface area contributed by atoms with E-state index >= 15 is 0 Å². The molecule has 3 N–H and O–H groups in total. The van der Waals surface area contributed by atoms with Crippen LogP contribution in [0.3, 0.4) is 0 Å². The minimum Gasteiger partial charge on any atom is -0.392 e. The fourth-order valence-corrected chi connectivity index (χ4v) is 5.23. The van der Waals surface area contributed by atoms with Crippen LogP contribution in [-0.4, -0.2) is 41.7 Å². The molecule has 2 unspecified atom stereocenters. The van der Waals surface area contributed by atoms with Gasteiger partial charge in [0.25, 0.3) is 0 Å². The van der Waals surface area contributed by atoms with Crippen LogP contribution in [-0.2, 0) is 4.74 Å². The zero-order valence-electron chi connectivity index (χ0n) is 18.6. The van der Waals surface area contributed by atoms with Crippen molar-refractivity contribution in [1.29, 1.82) is 0 Å². The first-order valence-corrected chi connectivity index (χ1v) is 12.1. The number of aliphatic hydroxyl groups excluding tert-OH is 2. The second-order valence-electron chi connectivity index (χ2n) is 9.22. The van der Waals surface area contributed by atoms with Crippen molar-refractivity contribution in [3.8, 4) is 0 Å². The highest BCUT2D eigenvalue weighted by molar-refractivity contribution is 5.42. The van der Waals surface area contributed by atoms with E-state index in [-0.39, 0.29) is 18.1 Å². The Morgan fingerprint density at radius 2 is 1.93 bits per heavy atom. The summed E-state index contributed by atoms with van der Waals surface area (Å²) < 4.78 is 6.18. The lowest BCUT2D eigenvalue weighted by atomic mass is 9.90. The number of hydrogen-bond donors (Lipinski definition) is 3. The molecule has 6 atom stereocenters. The number of ether oxygens (including phenoxy) is 1. The number of rotatable bonds is 13. The molecule has 2 aliphatic rings. The van der Waals surface area contributed by atoms with Crippen molar-refractivity contribution in [1.82, 2.24) is 0 Å². The molecule has 0 heterocycles. The highest BCUT2D eigenvalue weighted by Gasteiger charge is 2.47. The van der Waals surface area contributed by atoms with Crippen LogP contribution in [0.2, 0.25) is 0 Å². The van der Waals surface area contributed by atoms with E-state index in [1.165, 1.54) is 18.5 Å². The Morgan fingerprint density at radius 3 is 2.73 bits per heavy atom. The molecule has 3 rings (SSSR count). The topological polar surface area (TPSA) is 61.7 Å². The first-order chi connectivity index (χ1) is 14.7. The Morgan fingerprint density at radius 1 is 1.10 bits per heavy atom. The number of nitrogens with one attached hydrogen (secondary N) is 1. The average molecular weight is 416 g/mol. The van der Waals surface area contributed by atoms with E-state index in [9.17, 15) is 10.2 Å². The van der Waals surface area contributed by atoms with Gasteiger partial charge >= 0.3 is 0 Å². The van der Waals surface area contributed by atoms with Gasteiger partial charge in [-0.1, -0.05) is 56.5 Å². The van der Waals surface area contributed by atoms with E-state index in [0.29, 0.717) is 17.9 Å². The van der Waals surface area contributed by atoms with Gasteiger partial charge in [-0.3, -0.25) is 0 Å². The summed E-state index contributed by atoms with van der Waals surface area (Å²) in [4.78, 5) is 0. The van der Waals surface area contributed by atoms with Crippen molar-refractivity contribution in [3.63, 3.8) is 0 Å². The van der Waals surface area contributed by atoms with Gasteiger partial charge < -0.3 is 20.3 Å². The van der Waals surface area contributed by atoms with E-state index in [4.69, 9.17) is 4.74 Å². The molecule has 0 saturated heterocycles. The molecule has 0 amide bonds. The first-order valence-electron chi connectivity index (χ1n) is 12.1. The standard InChI is InChI=1S/C26H41NO3/c1-2-3-5-12-22(28)13-14-24-25-19-23(17-20(25)18-26(24)29)30-16-9-8-15-27-21-10-6-4-7-11-21/h4,6-7,10-11,13-14,20,22-29H,2-3,5,8-9,12,15-19H2,1H3/t20-,22?,23?,24+,25+,26+/m0/s1. The minimum atomic E-state index is -0.374. The van der Waals surface area contributed by atoms with Gasteiger partial charge in [-0.2, -0.15) is 0 Å². The monoisotopic (exact) mass is 415 g/mol. The van der Waals surface area contributed by atoms with E-state index in [0.717, 1.165) is 58.1 Å². The van der Waals surface area contributed by atoms with Crippen LogP contribution >= 0.6 is 0 Å². The second-order valence-corrected chi connectivity index (χ2v) is 9.22. The number of aliphatic hydroxyl groups is 2. The summed E-state index contributed by atoms with van der Waals surface area (Å²) in [5, 5.41) is 24.1. The maximum Gasteiger partial charge on any atom is 0.0721 e. The Hall–Kier alpha value is -1.36. The Bertz CT molecular complexity index is 620. The van der Waals surface area contributed by atoms with Gasteiger partial charge in [0, 0.05) is 24.8 Å². The molecule has 2 saturated carbocycles. The van der Waals surface area contributed by atoms with Crippen LogP contribution in [0.5, 0.6) is 0 Å². The largest absolute Gasteiger partial charge is 0.392 e. The predicted molar refractivity (Wildman–Crippen MR) is 124 cm³/mol. The molecule has 4 heteroatoms. The third-order valence-electron chi connectivity index (χ3n) is 6.88. The third-order valence-corrected chi connectivity index (χ3v) is 6.88. The molecule has 2 aliphatic carbocycles. The fourth-order valence-electron chi connectivity index (χ4n) is 5.23. The Labute approximate surface area is 182 Å². The van der Waals surface area contributed by atoms with Crippen LogP contribution in [0.25, 0.3) is 0 Å². The highest BCUT2D eigenvalue weighted by atomic mass is 16.5. The number of benzene rings is 1. The first kappa shape index (κ1) is 23.3. The molecule has 30 heavy (non-hydrogen) atoms. The number of fused-ring (bicyclic) bond motifs is 1. The van der Waals surface area contributed by atoms with Gasteiger partial charge in [-0.25, -0.2) is 0 Å². The normalized spacial score (nSPS) is 29.4. The van der Waals surface area contributed by atoms with E-state index in [1.807, 2.05) is 12.1 Å². The van der Waals surface area contributed by atoms with E-state index < -0.39 is 0 Å². The lowest BCUT2D eigenvalue weighted by Gasteiger charge is -2.19. The van der Waals surface area contributed by atoms with Crippen LogP contribution in [0.1, 0.15) is 64.7 Å². The van der Waals surface area contributed by atoms with Crippen LogP contribution < -0.4 is 5.32 Å². The number of unbranched alkanes of at least 4 members (excludes halogenated alkanes) is 3. The maximum absolute atomic E-state index is 10.5. The molecule has 1 aromatic rings. The molecular weight excluding hydrogens is 374 g/mol. The molecule has 0 aliphatic heterocycles. The Balaban J connectivity index is 1.32. The average Bonchev–Trinajstić information content (AvgIpc) is 3.26.